The quantitative estimate of drug-likeness (QED) is 0.800. The third-order valence-corrected chi connectivity index (χ3v) is 2.25. The van der Waals surface area contributed by atoms with Crippen molar-refractivity contribution in [3.63, 3.8) is 0 Å². The number of H-pyrrole nitrogens is 1. The first-order valence-electron chi connectivity index (χ1n) is 4.96. The van der Waals surface area contributed by atoms with Gasteiger partial charge in [-0.1, -0.05) is 12.1 Å². The Balaban J connectivity index is 2.53. The van der Waals surface area contributed by atoms with Crippen LogP contribution in [0.25, 0.3) is 10.9 Å². The number of benzene rings is 1. The minimum Gasteiger partial charge on any atom is -0.494 e. The summed E-state index contributed by atoms with van der Waals surface area (Å²) in [4.78, 5) is 11.6. The van der Waals surface area contributed by atoms with Gasteiger partial charge in [-0.05, 0) is 13.0 Å². The first-order chi connectivity index (χ1) is 7.77. The molecule has 5 nitrogen and oxygen atoms in total. The summed E-state index contributed by atoms with van der Waals surface area (Å²) in [7, 11) is 1.56. The van der Waals surface area contributed by atoms with Gasteiger partial charge in [0.15, 0.2) is 5.69 Å². The Morgan fingerprint density at radius 1 is 1.50 bits per heavy atom. The van der Waals surface area contributed by atoms with Gasteiger partial charge in [-0.15, -0.1) is 0 Å². The van der Waals surface area contributed by atoms with Gasteiger partial charge in [-0.2, -0.15) is 5.10 Å². The van der Waals surface area contributed by atoms with Crippen molar-refractivity contribution in [2.45, 2.75) is 6.92 Å². The smallest absolute Gasteiger partial charge is 0.356 e. The Morgan fingerprint density at radius 2 is 2.31 bits per heavy atom. The van der Waals surface area contributed by atoms with E-state index in [4.69, 9.17) is 9.47 Å². The monoisotopic (exact) mass is 220 g/mol. The van der Waals surface area contributed by atoms with Crippen molar-refractivity contribution in [1.29, 1.82) is 0 Å². The largest absolute Gasteiger partial charge is 0.494 e. The molecule has 0 bridgehead atoms. The Labute approximate surface area is 92.4 Å². The number of aromatic amines is 1. The van der Waals surface area contributed by atoms with E-state index >= 15 is 0 Å². The highest BCUT2D eigenvalue weighted by Crippen LogP contribution is 2.25. The van der Waals surface area contributed by atoms with Crippen molar-refractivity contribution in [2.75, 3.05) is 13.7 Å². The maximum absolute atomic E-state index is 11.6. The van der Waals surface area contributed by atoms with Gasteiger partial charge in [-0.25, -0.2) is 4.79 Å². The Hall–Kier alpha value is -2.04. The Kier molecular flexibility index (Phi) is 2.76. The van der Waals surface area contributed by atoms with Gasteiger partial charge in [0, 0.05) is 5.39 Å². The summed E-state index contributed by atoms with van der Waals surface area (Å²) in [6.45, 7) is 2.10. The SMILES string of the molecule is CCOC(=O)c1[nH]nc2c(OC)cccc12. The molecule has 16 heavy (non-hydrogen) atoms. The average Bonchev–Trinajstić information content (AvgIpc) is 2.72. The number of rotatable bonds is 3. The second kappa shape index (κ2) is 4.22. The van der Waals surface area contributed by atoms with Crippen LogP contribution in [-0.2, 0) is 4.74 Å². The number of methoxy groups -OCH3 is 1. The third-order valence-electron chi connectivity index (χ3n) is 2.25. The minimum atomic E-state index is -0.404. The van der Waals surface area contributed by atoms with Gasteiger partial charge in [0.1, 0.15) is 11.3 Å². The van der Waals surface area contributed by atoms with Crippen LogP contribution in [0.5, 0.6) is 5.75 Å². The van der Waals surface area contributed by atoms with Crippen molar-refractivity contribution in [1.82, 2.24) is 10.2 Å². The van der Waals surface area contributed by atoms with Crippen molar-refractivity contribution in [3.8, 4) is 5.75 Å². The van der Waals surface area contributed by atoms with E-state index in [1.807, 2.05) is 0 Å². The lowest BCUT2D eigenvalue weighted by Crippen LogP contribution is -2.05. The van der Waals surface area contributed by atoms with Crippen LogP contribution in [0, 0.1) is 0 Å². The molecular weight excluding hydrogens is 208 g/mol. The predicted molar refractivity (Wildman–Crippen MR) is 58.6 cm³/mol. The summed E-state index contributed by atoms with van der Waals surface area (Å²) in [6.07, 6.45) is 0. The number of para-hydroxylation sites is 1. The molecule has 1 N–H and O–H groups in total. The fourth-order valence-corrected chi connectivity index (χ4v) is 1.53. The molecule has 0 spiro atoms. The number of hydrogen-bond acceptors (Lipinski definition) is 4. The van der Waals surface area contributed by atoms with E-state index < -0.39 is 5.97 Å². The van der Waals surface area contributed by atoms with E-state index in [0.29, 0.717) is 29.0 Å². The molecule has 2 aromatic rings. The summed E-state index contributed by atoms with van der Waals surface area (Å²) in [6, 6.07) is 5.39. The molecule has 0 radical (unpaired) electrons. The Bertz CT molecular complexity index is 519. The Morgan fingerprint density at radius 3 is 3.00 bits per heavy atom. The molecule has 0 aliphatic rings. The predicted octanol–water partition coefficient (Wildman–Crippen LogP) is 1.75. The number of esters is 1. The zero-order chi connectivity index (χ0) is 11.5. The van der Waals surface area contributed by atoms with E-state index in [2.05, 4.69) is 10.2 Å². The van der Waals surface area contributed by atoms with Crippen LogP contribution in [0.15, 0.2) is 18.2 Å². The number of nitrogens with one attached hydrogen (secondary N) is 1. The van der Waals surface area contributed by atoms with E-state index in [9.17, 15) is 4.79 Å². The lowest BCUT2D eigenvalue weighted by molar-refractivity contribution is 0.0521. The van der Waals surface area contributed by atoms with Gasteiger partial charge in [0.05, 0.1) is 13.7 Å². The summed E-state index contributed by atoms with van der Waals surface area (Å²) >= 11 is 0. The molecule has 0 unspecified atom stereocenters. The number of hydrogen-bond donors (Lipinski definition) is 1. The van der Waals surface area contributed by atoms with E-state index in [0.717, 1.165) is 0 Å². The summed E-state index contributed by atoms with van der Waals surface area (Å²) < 4.78 is 10.1. The second-order valence-corrected chi connectivity index (χ2v) is 3.18. The molecule has 0 aliphatic heterocycles. The summed E-state index contributed by atoms with van der Waals surface area (Å²) in [5.74, 6) is 0.225. The maximum atomic E-state index is 11.6. The van der Waals surface area contributed by atoms with Gasteiger partial charge >= 0.3 is 5.97 Å². The molecular formula is C11H12N2O3. The van der Waals surface area contributed by atoms with Crippen molar-refractivity contribution in [2.24, 2.45) is 0 Å². The zero-order valence-corrected chi connectivity index (χ0v) is 9.11. The third kappa shape index (κ3) is 1.60. The molecule has 2 rings (SSSR count). The number of fused-ring (bicyclic) bond motifs is 1. The number of aromatic nitrogens is 2. The highest BCUT2D eigenvalue weighted by atomic mass is 16.5. The van der Waals surface area contributed by atoms with Crippen molar-refractivity contribution >= 4 is 16.9 Å². The molecule has 0 saturated carbocycles. The second-order valence-electron chi connectivity index (χ2n) is 3.18. The number of nitrogens with zero attached hydrogens (tertiary/aromatic N) is 1. The molecule has 1 aromatic heterocycles. The van der Waals surface area contributed by atoms with Crippen LogP contribution < -0.4 is 4.74 Å². The lowest BCUT2D eigenvalue weighted by Gasteiger charge is -2.00. The van der Waals surface area contributed by atoms with Crippen LogP contribution in [0.1, 0.15) is 17.4 Å². The lowest BCUT2D eigenvalue weighted by atomic mass is 10.2. The summed E-state index contributed by atoms with van der Waals surface area (Å²) in [5.41, 5.74) is 0.990. The number of carbonyl (C=O) groups excluding carboxylic acids is 1. The van der Waals surface area contributed by atoms with Crippen LogP contribution in [0.4, 0.5) is 0 Å². The molecule has 0 atom stereocenters. The van der Waals surface area contributed by atoms with Crippen molar-refractivity contribution in [3.05, 3.63) is 23.9 Å². The minimum absolute atomic E-state index is 0.337. The molecule has 0 aliphatic carbocycles. The fraction of sp³-hybridized carbons (Fsp3) is 0.273. The number of carbonyl (C=O) groups is 1. The first-order valence-corrected chi connectivity index (χ1v) is 4.96. The molecule has 0 fully saturated rings. The molecule has 0 saturated heterocycles. The van der Waals surface area contributed by atoms with Gasteiger partial charge in [0.2, 0.25) is 0 Å². The maximum Gasteiger partial charge on any atom is 0.356 e. The van der Waals surface area contributed by atoms with Crippen LogP contribution in [-0.4, -0.2) is 29.9 Å². The highest BCUT2D eigenvalue weighted by Gasteiger charge is 2.16. The van der Waals surface area contributed by atoms with Gasteiger partial charge in [-0.3, -0.25) is 5.10 Å². The van der Waals surface area contributed by atoms with Gasteiger partial charge < -0.3 is 9.47 Å². The first kappa shape index (κ1) is 10.5. The molecule has 1 heterocycles. The topological polar surface area (TPSA) is 64.2 Å². The fourth-order valence-electron chi connectivity index (χ4n) is 1.53. The standard InChI is InChI=1S/C11H12N2O3/c1-3-16-11(14)10-7-5-4-6-8(15-2)9(7)12-13-10/h4-6H,3H2,1-2H3,(H,12,13). The van der Waals surface area contributed by atoms with Crippen molar-refractivity contribution < 1.29 is 14.3 Å². The van der Waals surface area contributed by atoms with E-state index in [1.54, 1.807) is 32.2 Å². The molecule has 1 aromatic carbocycles. The molecule has 0 amide bonds. The number of ether oxygens (including phenoxy) is 2. The van der Waals surface area contributed by atoms with E-state index in [-0.39, 0.29) is 0 Å². The average molecular weight is 220 g/mol. The normalized spacial score (nSPS) is 10.4. The molecule has 5 heteroatoms. The summed E-state index contributed by atoms with van der Waals surface area (Å²) in [5, 5.41) is 7.42. The highest BCUT2D eigenvalue weighted by molar-refractivity contribution is 6.03. The van der Waals surface area contributed by atoms with Crippen LogP contribution in [0.3, 0.4) is 0 Å². The van der Waals surface area contributed by atoms with Crippen LogP contribution >= 0.6 is 0 Å². The van der Waals surface area contributed by atoms with E-state index in [1.165, 1.54) is 0 Å². The van der Waals surface area contributed by atoms with Crippen LogP contribution in [0.2, 0.25) is 0 Å². The van der Waals surface area contributed by atoms with Gasteiger partial charge in [0.25, 0.3) is 0 Å². The molecule has 84 valence electrons. The zero-order valence-electron chi connectivity index (χ0n) is 9.11.